The van der Waals surface area contributed by atoms with Gasteiger partial charge in [-0.25, -0.2) is 0 Å². The van der Waals surface area contributed by atoms with Crippen LogP contribution in [0.2, 0.25) is 0 Å². The number of rotatable bonds is 4. The van der Waals surface area contributed by atoms with Crippen LogP contribution in [0.5, 0.6) is 0 Å². The SMILES string of the molecule is O=C1/C(=C\c2ccc([N+](=O)[O-])cc2)SC(=S)N1/N=C/c1ccc(Br)cc1. The lowest BCUT2D eigenvalue weighted by molar-refractivity contribution is -0.384. The second kappa shape index (κ2) is 7.90. The molecule has 0 atom stereocenters. The second-order valence-corrected chi connectivity index (χ2v) is 7.73. The van der Waals surface area contributed by atoms with Crippen LogP contribution in [0.3, 0.4) is 0 Å². The van der Waals surface area contributed by atoms with E-state index in [4.69, 9.17) is 12.2 Å². The van der Waals surface area contributed by atoms with Crippen molar-refractivity contribution in [1.82, 2.24) is 5.01 Å². The normalized spacial score (nSPS) is 16.0. The number of hydrogen-bond donors (Lipinski definition) is 0. The van der Waals surface area contributed by atoms with Crippen LogP contribution in [0.4, 0.5) is 5.69 Å². The fourth-order valence-corrected chi connectivity index (χ4v) is 3.51. The first-order chi connectivity index (χ1) is 12.4. The van der Waals surface area contributed by atoms with Crippen molar-refractivity contribution in [3.05, 3.63) is 79.2 Å². The highest BCUT2D eigenvalue weighted by Gasteiger charge is 2.32. The molecule has 26 heavy (non-hydrogen) atoms. The van der Waals surface area contributed by atoms with Crippen molar-refractivity contribution in [1.29, 1.82) is 0 Å². The number of carbonyl (C=O) groups is 1. The Labute approximate surface area is 166 Å². The van der Waals surface area contributed by atoms with Crippen molar-refractivity contribution in [3.63, 3.8) is 0 Å². The van der Waals surface area contributed by atoms with Crippen LogP contribution in [-0.4, -0.2) is 26.4 Å². The van der Waals surface area contributed by atoms with Gasteiger partial charge in [0, 0.05) is 16.6 Å². The summed E-state index contributed by atoms with van der Waals surface area (Å²) in [6.45, 7) is 0. The number of carbonyl (C=O) groups excluding carboxylic acids is 1. The second-order valence-electron chi connectivity index (χ2n) is 5.14. The van der Waals surface area contributed by atoms with E-state index in [2.05, 4.69) is 21.0 Å². The Bertz CT molecular complexity index is 941. The molecule has 9 heteroatoms. The van der Waals surface area contributed by atoms with Gasteiger partial charge in [-0.15, -0.1) is 0 Å². The zero-order valence-corrected chi connectivity index (χ0v) is 16.3. The molecule has 0 unspecified atom stereocenters. The number of thiocarbonyl (C=S) groups is 1. The van der Waals surface area contributed by atoms with Crippen LogP contribution in [0.25, 0.3) is 6.08 Å². The summed E-state index contributed by atoms with van der Waals surface area (Å²) in [5, 5.41) is 16.0. The number of thioether (sulfide) groups is 1. The topological polar surface area (TPSA) is 75.8 Å². The van der Waals surface area contributed by atoms with Crippen LogP contribution in [0, 0.1) is 10.1 Å². The first kappa shape index (κ1) is 18.4. The molecule has 3 rings (SSSR count). The Morgan fingerprint density at radius 1 is 1.12 bits per heavy atom. The van der Waals surface area contributed by atoms with Gasteiger partial charge in [0.25, 0.3) is 11.6 Å². The molecule has 1 fully saturated rings. The van der Waals surface area contributed by atoms with Gasteiger partial charge < -0.3 is 0 Å². The summed E-state index contributed by atoms with van der Waals surface area (Å²) in [6, 6.07) is 13.4. The average molecular weight is 448 g/mol. The summed E-state index contributed by atoms with van der Waals surface area (Å²) in [7, 11) is 0. The maximum absolute atomic E-state index is 12.5. The predicted octanol–water partition coefficient (Wildman–Crippen LogP) is 4.59. The van der Waals surface area contributed by atoms with Gasteiger partial charge in [0.1, 0.15) is 0 Å². The molecule has 0 aromatic heterocycles. The zero-order valence-electron chi connectivity index (χ0n) is 13.0. The molecule has 0 N–H and O–H groups in total. The molecular weight excluding hydrogens is 438 g/mol. The average Bonchev–Trinajstić information content (AvgIpc) is 2.88. The lowest BCUT2D eigenvalue weighted by Crippen LogP contribution is -2.22. The van der Waals surface area contributed by atoms with Crippen molar-refractivity contribution in [2.24, 2.45) is 5.10 Å². The van der Waals surface area contributed by atoms with Crippen LogP contribution in [0.15, 0.2) is 63.0 Å². The number of nitro groups is 1. The van der Waals surface area contributed by atoms with E-state index in [-0.39, 0.29) is 11.6 Å². The van der Waals surface area contributed by atoms with Gasteiger partial charge in [-0.3, -0.25) is 14.9 Å². The maximum Gasteiger partial charge on any atom is 0.286 e. The number of benzene rings is 2. The van der Waals surface area contributed by atoms with E-state index in [0.29, 0.717) is 14.8 Å². The molecule has 6 nitrogen and oxygen atoms in total. The largest absolute Gasteiger partial charge is 0.286 e. The standard InChI is InChI=1S/C17H10BrN3O3S2/c18-13-5-1-12(2-6-13)10-19-20-16(22)15(26-17(20)25)9-11-3-7-14(8-4-11)21(23)24/h1-10H/b15-9+,19-10+. The highest BCUT2D eigenvalue weighted by Crippen LogP contribution is 2.33. The molecule has 1 saturated heterocycles. The Morgan fingerprint density at radius 2 is 1.73 bits per heavy atom. The molecule has 0 saturated carbocycles. The van der Waals surface area contributed by atoms with E-state index >= 15 is 0 Å². The maximum atomic E-state index is 12.5. The Morgan fingerprint density at radius 3 is 2.35 bits per heavy atom. The smallest absolute Gasteiger partial charge is 0.266 e. The molecule has 2 aromatic rings. The van der Waals surface area contributed by atoms with Gasteiger partial charge in [-0.1, -0.05) is 39.8 Å². The summed E-state index contributed by atoms with van der Waals surface area (Å²) in [6.07, 6.45) is 3.20. The highest BCUT2D eigenvalue weighted by atomic mass is 79.9. The van der Waals surface area contributed by atoms with Crippen molar-refractivity contribution in [2.75, 3.05) is 0 Å². The van der Waals surface area contributed by atoms with E-state index < -0.39 is 4.92 Å². The predicted molar refractivity (Wildman–Crippen MR) is 110 cm³/mol. The first-order valence-corrected chi connectivity index (χ1v) is 9.28. The Hall–Kier alpha value is -2.36. The monoisotopic (exact) mass is 447 g/mol. The summed E-state index contributed by atoms with van der Waals surface area (Å²) in [5.74, 6) is -0.327. The lowest BCUT2D eigenvalue weighted by Gasteiger charge is -2.06. The number of non-ortho nitro benzene ring substituents is 1. The Kier molecular flexibility index (Phi) is 5.60. The van der Waals surface area contributed by atoms with Crippen molar-refractivity contribution < 1.29 is 9.72 Å². The molecular formula is C17H10BrN3O3S2. The number of halogens is 1. The van der Waals surface area contributed by atoms with Gasteiger partial charge in [-0.2, -0.15) is 10.1 Å². The molecule has 1 aliphatic heterocycles. The zero-order chi connectivity index (χ0) is 18.7. The molecule has 1 amide bonds. The number of hydrogen-bond acceptors (Lipinski definition) is 6. The van der Waals surface area contributed by atoms with E-state index in [0.717, 1.165) is 21.8 Å². The van der Waals surface area contributed by atoms with E-state index in [1.807, 2.05) is 24.3 Å². The third-order valence-corrected chi connectivity index (χ3v) is 5.18. The van der Waals surface area contributed by atoms with Gasteiger partial charge in [-0.05, 0) is 53.7 Å². The highest BCUT2D eigenvalue weighted by molar-refractivity contribution is 9.10. The van der Waals surface area contributed by atoms with E-state index in [1.54, 1.807) is 24.4 Å². The minimum Gasteiger partial charge on any atom is -0.266 e. The van der Waals surface area contributed by atoms with Gasteiger partial charge in [0.15, 0.2) is 4.32 Å². The van der Waals surface area contributed by atoms with Crippen molar-refractivity contribution in [3.8, 4) is 0 Å². The van der Waals surface area contributed by atoms with Crippen LogP contribution < -0.4 is 0 Å². The summed E-state index contributed by atoms with van der Waals surface area (Å²) < 4.78 is 1.28. The quantitative estimate of drug-likeness (QED) is 0.225. The summed E-state index contributed by atoms with van der Waals surface area (Å²) in [4.78, 5) is 23.1. The van der Waals surface area contributed by atoms with Crippen LogP contribution in [-0.2, 0) is 4.79 Å². The van der Waals surface area contributed by atoms with E-state index in [9.17, 15) is 14.9 Å². The van der Waals surface area contributed by atoms with Gasteiger partial charge >= 0.3 is 0 Å². The van der Waals surface area contributed by atoms with Gasteiger partial charge in [0.05, 0.1) is 16.0 Å². The van der Waals surface area contributed by atoms with Gasteiger partial charge in [0.2, 0.25) is 0 Å². The molecule has 0 bridgehead atoms. The minimum atomic E-state index is -0.472. The fraction of sp³-hybridized carbons (Fsp3) is 0. The van der Waals surface area contributed by atoms with Crippen molar-refractivity contribution >= 4 is 68.1 Å². The number of nitrogens with zero attached hydrogens (tertiary/aromatic N) is 3. The van der Waals surface area contributed by atoms with Crippen LogP contribution >= 0.6 is 39.9 Å². The molecule has 2 aromatic carbocycles. The van der Waals surface area contributed by atoms with Crippen molar-refractivity contribution in [2.45, 2.75) is 0 Å². The van der Waals surface area contributed by atoms with E-state index in [1.165, 1.54) is 17.1 Å². The fourth-order valence-electron chi connectivity index (χ4n) is 2.08. The summed E-state index contributed by atoms with van der Waals surface area (Å²) >= 11 is 9.71. The molecule has 1 aliphatic rings. The van der Waals surface area contributed by atoms with Crippen LogP contribution in [0.1, 0.15) is 11.1 Å². The summed E-state index contributed by atoms with van der Waals surface area (Å²) in [5.41, 5.74) is 1.50. The number of amides is 1. The third-order valence-electron chi connectivity index (χ3n) is 3.37. The first-order valence-electron chi connectivity index (χ1n) is 7.26. The number of nitro benzene ring substituents is 1. The molecule has 0 spiro atoms. The molecule has 1 heterocycles. The number of hydrazone groups is 1. The third kappa shape index (κ3) is 4.24. The Balaban J connectivity index is 1.77. The molecule has 0 aliphatic carbocycles. The minimum absolute atomic E-state index is 0.00574. The molecule has 0 radical (unpaired) electrons. The lowest BCUT2D eigenvalue weighted by atomic mass is 10.2. The molecule has 130 valence electrons.